The molecule has 0 amide bonds. The number of alkyl halides is 2. The zero-order valence-corrected chi connectivity index (χ0v) is 5.78. The molecule has 0 unspecified atom stereocenters. The summed E-state index contributed by atoms with van der Waals surface area (Å²) in [5.41, 5.74) is 0. The standard InChI is InChI=1S/C2H4F2.H4OSi/c1-2(3)4;1-2/h2H,1H3;1H,2H3. The number of hydrogen-bond donors (Lipinski definition) is 1. The largest absolute Gasteiger partial charge is 0.442 e. The minimum absolute atomic E-state index is 0.306. The molecule has 0 saturated carbocycles. The van der Waals surface area contributed by atoms with Crippen LogP contribution in [0.25, 0.3) is 0 Å². The summed E-state index contributed by atoms with van der Waals surface area (Å²) in [6.07, 6.45) is -2.17. The van der Waals surface area contributed by atoms with Gasteiger partial charge in [0.2, 0.25) is 6.43 Å². The monoisotopic (exact) mass is 114 g/mol. The smallest absolute Gasteiger partial charge is 0.235 e. The lowest BCUT2D eigenvalue weighted by Gasteiger charge is -1.70. The van der Waals surface area contributed by atoms with Gasteiger partial charge in [0.05, 0.1) is 0 Å². The Labute approximate surface area is 38.5 Å². The lowest BCUT2D eigenvalue weighted by atomic mass is 10.9. The van der Waals surface area contributed by atoms with Crippen molar-refractivity contribution in [1.29, 1.82) is 0 Å². The SMILES string of the molecule is CC(F)F.O[SiH3]. The molecular weight excluding hydrogens is 106 g/mol. The van der Waals surface area contributed by atoms with Crippen LogP contribution < -0.4 is 0 Å². The Balaban J connectivity index is 0. The molecule has 0 heterocycles. The molecule has 0 aromatic rings. The molecule has 0 aliphatic carbocycles. The van der Waals surface area contributed by atoms with Gasteiger partial charge >= 0.3 is 0 Å². The Morgan fingerprint density at radius 2 is 1.50 bits per heavy atom. The van der Waals surface area contributed by atoms with Gasteiger partial charge in [0, 0.05) is 0 Å². The van der Waals surface area contributed by atoms with Crippen molar-refractivity contribution in [1.82, 2.24) is 0 Å². The van der Waals surface area contributed by atoms with Crippen LogP contribution in [0.5, 0.6) is 0 Å². The first-order valence-electron chi connectivity index (χ1n) is 1.46. The van der Waals surface area contributed by atoms with E-state index in [1.165, 1.54) is 0 Å². The number of rotatable bonds is 0. The first-order valence-corrected chi connectivity index (χ1v) is 2.36. The van der Waals surface area contributed by atoms with Gasteiger partial charge in [0.25, 0.3) is 0 Å². The van der Waals surface area contributed by atoms with Crippen molar-refractivity contribution in [3.63, 3.8) is 0 Å². The van der Waals surface area contributed by atoms with Crippen molar-refractivity contribution >= 4 is 10.5 Å². The Morgan fingerprint density at radius 1 is 1.50 bits per heavy atom. The second-order valence-corrected chi connectivity index (χ2v) is 0.519. The molecule has 1 N–H and O–H groups in total. The predicted octanol–water partition coefficient (Wildman–Crippen LogP) is -0.469. The van der Waals surface area contributed by atoms with Crippen molar-refractivity contribution in [2.24, 2.45) is 0 Å². The molecule has 0 aliphatic heterocycles. The fourth-order valence-electron chi connectivity index (χ4n) is 0. The van der Waals surface area contributed by atoms with Gasteiger partial charge in [0.15, 0.2) is 0 Å². The Morgan fingerprint density at radius 3 is 1.50 bits per heavy atom. The van der Waals surface area contributed by atoms with Gasteiger partial charge in [-0.15, -0.1) is 0 Å². The molecule has 0 radical (unpaired) electrons. The van der Waals surface area contributed by atoms with Gasteiger partial charge in [0.1, 0.15) is 10.5 Å². The average molecular weight is 114 g/mol. The molecule has 0 atom stereocenters. The molecule has 0 aromatic carbocycles. The summed E-state index contributed by atoms with van der Waals surface area (Å²) >= 11 is 0. The fraction of sp³-hybridized carbons (Fsp3) is 1.00. The topological polar surface area (TPSA) is 20.2 Å². The first kappa shape index (κ1) is 9.40. The van der Waals surface area contributed by atoms with Crippen molar-refractivity contribution < 1.29 is 13.6 Å². The Bertz CT molecular complexity index is 16.3. The quantitative estimate of drug-likeness (QED) is 0.422. The van der Waals surface area contributed by atoms with Crippen molar-refractivity contribution in [2.45, 2.75) is 13.3 Å². The third-order valence-electron chi connectivity index (χ3n) is 0. The van der Waals surface area contributed by atoms with Crippen molar-refractivity contribution in [2.75, 3.05) is 0 Å². The molecule has 6 heavy (non-hydrogen) atoms. The highest BCUT2D eigenvalue weighted by atomic mass is 28.2. The molecule has 0 aromatic heterocycles. The van der Waals surface area contributed by atoms with Gasteiger partial charge in [-0.1, -0.05) is 0 Å². The van der Waals surface area contributed by atoms with Gasteiger partial charge in [-0.05, 0) is 6.92 Å². The maximum absolute atomic E-state index is 10.3. The number of hydrogen-bond acceptors (Lipinski definition) is 1. The first-order chi connectivity index (χ1) is 2.73. The van der Waals surface area contributed by atoms with Gasteiger partial charge in [-0.2, -0.15) is 0 Å². The van der Waals surface area contributed by atoms with E-state index in [0.717, 1.165) is 6.92 Å². The van der Waals surface area contributed by atoms with Crippen LogP contribution in [0.1, 0.15) is 6.92 Å². The summed E-state index contributed by atoms with van der Waals surface area (Å²) in [5.74, 6) is 0. The van der Waals surface area contributed by atoms with Gasteiger partial charge in [-0.25, -0.2) is 8.78 Å². The van der Waals surface area contributed by atoms with Crippen LogP contribution in [0, 0.1) is 0 Å². The molecule has 0 aliphatic rings. The number of halogens is 2. The Hall–Kier alpha value is 0.0369. The molecule has 0 saturated heterocycles. The van der Waals surface area contributed by atoms with E-state index in [9.17, 15) is 8.78 Å². The van der Waals surface area contributed by atoms with Crippen LogP contribution >= 0.6 is 0 Å². The van der Waals surface area contributed by atoms with Gasteiger partial charge in [-0.3, -0.25) is 0 Å². The van der Waals surface area contributed by atoms with Crippen LogP contribution in [-0.4, -0.2) is 21.7 Å². The van der Waals surface area contributed by atoms with E-state index in [4.69, 9.17) is 4.80 Å². The highest BCUT2D eigenvalue weighted by Gasteiger charge is 1.79. The minimum Gasteiger partial charge on any atom is -0.442 e. The zero-order chi connectivity index (χ0) is 5.58. The summed E-state index contributed by atoms with van der Waals surface area (Å²) in [6.45, 7) is 0.833. The lowest BCUT2D eigenvalue weighted by Crippen LogP contribution is -1.69. The zero-order valence-electron chi connectivity index (χ0n) is 3.78. The third-order valence-corrected chi connectivity index (χ3v) is 0. The lowest BCUT2D eigenvalue weighted by molar-refractivity contribution is 0.171. The fourth-order valence-corrected chi connectivity index (χ4v) is 0. The highest BCUT2D eigenvalue weighted by Crippen LogP contribution is 1.82. The average Bonchev–Trinajstić information content (AvgIpc) is 1.41. The maximum atomic E-state index is 10.3. The van der Waals surface area contributed by atoms with Crippen molar-refractivity contribution in [3.05, 3.63) is 0 Å². The van der Waals surface area contributed by atoms with Gasteiger partial charge < -0.3 is 4.80 Å². The highest BCUT2D eigenvalue weighted by molar-refractivity contribution is 5.95. The van der Waals surface area contributed by atoms with E-state index in [0.29, 0.717) is 10.5 Å². The molecule has 1 nitrogen and oxygen atoms in total. The Kier molecular flexibility index (Phi) is 13.9. The van der Waals surface area contributed by atoms with Crippen LogP contribution in [0.3, 0.4) is 0 Å². The van der Waals surface area contributed by atoms with E-state index in [1.807, 2.05) is 0 Å². The second-order valence-electron chi connectivity index (χ2n) is 0.519. The van der Waals surface area contributed by atoms with E-state index in [2.05, 4.69) is 0 Å². The molecule has 40 valence electrons. The van der Waals surface area contributed by atoms with E-state index < -0.39 is 6.43 Å². The molecule has 0 fully saturated rings. The summed E-state index contributed by atoms with van der Waals surface area (Å²) < 4.78 is 20.7. The summed E-state index contributed by atoms with van der Waals surface area (Å²) in [5, 5.41) is 0. The second kappa shape index (κ2) is 8.90. The van der Waals surface area contributed by atoms with Crippen LogP contribution in [-0.2, 0) is 0 Å². The third kappa shape index (κ3) is 27400. The minimum atomic E-state index is -2.17. The normalized spacial score (nSPS) is 7.50. The van der Waals surface area contributed by atoms with Crippen LogP contribution in [0.2, 0.25) is 0 Å². The summed E-state index contributed by atoms with van der Waals surface area (Å²) in [4.78, 5) is 7.14. The van der Waals surface area contributed by atoms with E-state index in [-0.39, 0.29) is 0 Å². The molecule has 0 spiro atoms. The molecule has 0 rings (SSSR count). The van der Waals surface area contributed by atoms with E-state index >= 15 is 0 Å². The van der Waals surface area contributed by atoms with E-state index in [1.54, 1.807) is 0 Å². The van der Waals surface area contributed by atoms with Crippen LogP contribution in [0.4, 0.5) is 8.78 Å². The molecule has 0 bridgehead atoms. The summed E-state index contributed by atoms with van der Waals surface area (Å²) in [6, 6.07) is 0. The maximum Gasteiger partial charge on any atom is 0.235 e. The predicted molar refractivity (Wildman–Crippen MR) is 23.8 cm³/mol. The van der Waals surface area contributed by atoms with Crippen molar-refractivity contribution in [3.8, 4) is 0 Å². The molecular formula is C2H8F2OSi. The summed E-state index contributed by atoms with van der Waals surface area (Å²) in [7, 11) is 0.306. The van der Waals surface area contributed by atoms with Crippen LogP contribution in [0.15, 0.2) is 0 Å². The molecule has 4 heteroatoms.